The summed E-state index contributed by atoms with van der Waals surface area (Å²) in [6.45, 7) is 0. The van der Waals surface area contributed by atoms with E-state index in [2.05, 4.69) is 15.0 Å². The average molecular weight is 202 g/mol. The highest BCUT2D eigenvalue weighted by atomic mass is 32.1. The quantitative estimate of drug-likeness (QED) is 0.604. The Morgan fingerprint density at radius 1 is 1.21 bits per heavy atom. The molecule has 0 N–H and O–H groups in total. The van der Waals surface area contributed by atoms with Gasteiger partial charge < -0.3 is 0 Å². The second kappa shape index (κ2) is 2.88. The Balaban J connectivity index is 2.24. The van der Waals surface area contributed by atoms with E-state index in [1.54, 1.807) is 23.7 Å². The molecule has 0 atom stereocenters. The van der Waals surface area contributed by atoms with E-state index in [4.69, 9.17) is 0 Å². The van der Waals surface area contributed by atoms with Crippen molar-refractivity contribution in [2.24, 2.45) is 0 Å². The summed E-state index contributed by atoms with van der Waals surface area (Å²) in [5.74, 6) is 0.706. The van der Waals surface area contributed by atoms with Crippen LogP contribution < -0.4 is 0 Å². The van der Waals surface area contributed by atoms with Gasteiger partial charge in [-0.15, -0.1) is 11.3 Å². The summed E-state index contributed by atoms with van der Waals surface area (Å²) in [5, 5.41) is 2.86. The van der Waals surface area contributed by atoms with Gasteiger partial charge in [0.1, 0.15) is 10.7 Å². The van der Waals surface area contributed by atoms with Crippen LogP contribution in [0.5, 0.6) is 0 Å². The van der Waals surface area contributed by atoms with Gasteiger partial charge in [-0.25, -0.2) is 15.0 Å². The second-order valence-electron chi connectivity index (χ2n) is 2.79. The van der Waals surface area contributed by atoms with Gasteiger partial charge in [0, 0.05) is 30.2 Å². The molecular weight excluding hydrogens is 196 g/mol. The summed E-state index contributed by atoms with van der Waals surface area (Å²) in [6, 6.07) is 1.88. The molecule has 0 aromatic carbocycles. The molecule has 3 rings (SSSR count). The Hall–Kier alpha value is -1.75. The van der Waals surface area contributed by atoms with E-state index in [0.717, 1.165) is 10.7 Å². The number of thiazole rings is 1. The SMILES string of the molecule is c1cnc2nc(-c3nccs3)cn2c1. The van der Waals surface area contributed by atoms with Crippen LogP contribution in [0, 0.1) is 0 Å². The Kier molecular flexibility index (Phi) is 1.57. The summed E-state index contributed by atoms with van der Waals surface area (Å²) in [5.41, 5.74) is 0.874. The number of nitrogens with zero attached hydrogens (tertiary/aromatic N) is 4. The molecule has 0 saturated heterocycles. The number of rotatable bonds is 1. The third-order valence-corrected chi connectivity index (χ3v) is 2.68. The maximum absolute atomic E-state index is 4.35. The zero-order valence-corrected chi connectivity index (χ0v) is 7.98. The lowest BCUT2D eigenvalue weighted by molar-refractivity contribution is 1.11. The van der Waals surface area contributed by atoms with Crippen LogP contribution >= 0.6 is 11.3 Å². The zero-order chi connectivity index (χ0) is 9.38. The molecule has 0 spiro atoms. The molecule has 3 heterocycles. The lowest BCUT2D eigenvalue weighted by Crippen LogP contribution is -1.82. The topological polar surface area (TPSA) is 43.1 Å². The van der Waals surface area contributed by atoms with Crippen LogP contribution in [0.25, 0.3) is 16.5 Å². The second-order valence-corrected chi connectivity index (χ2v) is 3.68. The van der Waals surface area contributed by atoms with Gasteiger partial charge >= 0.3 is 0 Å². The van der Waals surface area contributed by atoms with Crippen molar-refractivity contribution in [3.63, 3.8) is 0 Å². The molecule has 5 heteroatoms. The molecule has 0 aliphatic carbocycles. The van der Waals surface area contributed by atoms with Crippen molar-refractivity contribution in [3.05, 3.63) is 36.2 Å². The van der Waals surface area contributed by atoms with Gasteiger partial charge in [0.25, 0.3) is 0 Å². The lowest BCUT2D eigenvalue weighted by atomic mass is 10.5. The van der Waals surface area contributed by atoms with Crippen molar-refractivity contribution >= 4 is 17.1 Å². The van der Waals surface area contributed by atoms with Crippen molar-refractivity contribution in [3.8, 4) is 10.7 Å². The first-order chi connectivity index (χ1) is 6.93. The first-order valence-electron chi connectivity index (χ1n) is 4.13. The summed E-state index contributed by atoms with van der Waals surface area (Å²) in [7, 11) is 0. The molecule has 68 valence electrons. The van der Waals surface area contributed by atoms with E-state index in [1.165, 1.54) is 0 Å². The Morgan fingerprint density at radius 2 is 2.21 bits per heavy atom. The fourth-order valence-corrected chi connectivity index (χ4v) is 1.87. The molecule has 3 aromatic rings. The van der Waals surface area contributed by atoms with Crippen LogP contribution in [-0.4, -0.2) is 19.4 Å². The Morgan fingerprint density at radius 3 is 3.00 bits per heavy atom. The summed E-state index contributed by atoms with van der Waals surface area (Å²) in [6.07, 6.45) is 7.36. The molecule has 0 aliphatic heterocycles. The molecule has 4 nitrogen and oxygen atoms in total. The van der Waals surface area contributed by atoms with Crippen molar-refractivity contribution in [2.45, 2.75) is 0 Å². The maximum Gasteiger partial charge on any atom is 0.234 e. The predicted molar refractivity (Wildman–Crippen MR) is 54.1 cm³/mol. The van der Waals surface area contributed by atoms with Gasteiger partial charge in [-0.3, -0.25) is 4.40 Å². The third kappa shape index (κ3) is 1.10. The third-order valence-electron chi connectivity index (χ3n) is 1.89. The van der Waals surface area contributed by atoms with Crippen LogP contribution in [0.2, 0.25) is 0 Å². The molecule has 0 radical (unpaired) electrons. The highest BCUT2D eigenvalue weighted by Crippen LogP contribution is 2.20. The number of fused-ring (bicyclic) bond motifs is 1. The molecule has 0 unspecified atom stereocenters. The highest BCUT2D eigenvalue weighted by Gasteiger charge is 2.05. The normalized spacial score (nSPS) is 10.9. The number of hydrogen-bond acceptors (Lipinski definition) is 4. The first kappa shape index (κ1) is 7.64. The molecule has 0 bridgehead atoms. The molecule has 0 fully saturated rings. The minimum Gasteiger partial charge on any atom is -0.290 e. The van der Waals surface area contributed by atoms with Crippen LogP contribution in [0.4, 0.5) is 0 Å². The van der Waals surface area contributed by atoms with Crippen LogP contribution in [0.3, 0.4) is 0 Å². The van der Waals surface area contributed by atoms with Gasteiger partial charge in [-0.05, 0) is 6.07 Å². The Bertz CT molecular complexity index is 522. The fraction of sp³-hybridized carbons (Fsp3) is 0. The highest BCUT2D eigenvalue weighted by molar-refractivity contribution is 7.13. The monoisotopic (exact) mass is 202 g/mol. The number of hydrogen-bond donors (Lipinski definition) is 0. The van der Waals surface area contributed by atoms with E-state index in [0.29, 0.717) is 5.78 Å². The molecule has 0 saturated carbocycles. The maximum atomic E-state index is 4.35. The average Bonchev–Trinajstić information content (AvgIpc) is 2.86. The van der Waals surface area contributed by atoms with Gasteiger partial charge in [-0.2, -0.15) is 0 Å². The summed E-state index contributed by atoms with van der Waals surface area (Å²) >= 11 is 1.58. The van der Waals surface area contributed by atoms with Crippen molar-refractivity contribution in [1.29, 1.82) is 0 Å². The van der Waals surface area contributed by atoms with E-state index in [9.17, 15) is 0 Å². The molecule has 0 aliphatic rings. The first-order valence-corrected chi connectivity index (χ1v) is 5.01. The number of aromatic nitrogens is 4. The van der Waals surface area contributed by atoms with Gasteiger partial charge in [0.15, 0.2) is 0 Å². The summed E-state index contributed by atoms with van der Waals surface area (Å²) < 4.78 is 1.89. The van der Waals surface area contributed by atoms with Crippen LogP contribution in [0.15, 0.2) is 36.2 Å². The fourth-order valence-electron chi connectivity index (χ4n) is 1.28. The largest absolute Gasteiger partial charge is 0.290 e. The lowest BCUT2D eigenvalue weighted by Gasteiger charge is -1.85. The molecule has 0 amide bonds. The predicted octanol–water partition coefficient (Wildman–Crippen LogP) is 1.85. The van der Waals surface area contributed by atoms with Crippen molar-refractivity contribution in [2.75, 3.05) is 0 Å². The van der Waals surface area contributed by atoms with E-state index >= 15 is 0 Å². The molecule has 14 heavy (non-hydrogen) atoms. The van der Waals surface area contributed by atoms with Crippen LogP contribution in [0.1, 0.15) is 0 Å². The smallest absolute Gasteiger partial charge is 0.234 e. The van der Waals surface area contributed by atoms with Gasteiger partial charge in [0.05, 0.1) is 0 Å². The van der Waals surface area contributed by atoms with E-state index < -0.39 is 0 Å². The van der Waals surface area contributed by atoms with E-state index in [-0.39, 0.29) is 0 Å². The van der Waals surface area contributed by atoms with Crippen LogP contribution in [-0.2, 0) is 0 Å². The minimum absolute atomic E-state index is 0.706. The standard InChI is InChI=1S/C9H6N4S/c1-2-11-9-12-7(6-13(9)4-1)8-10-3-5-14-8/h1-6H. The Labute approximate surface area is 83.9 Å². The van der Waals surface area contributed by atoms with Gasteiger partial charge in [-0.1, -0.05) is 0 Å². The number of imidazole rings is 1. The minimum atomic E-state index is 0.706. The van der Waals surface area contributed by atoms with Crippen molar-refractivity contribution in [1.82, 2.24) is 19.4 Å². The van der Waals surface area contributed by atoms with Crippen molar-refractivity contribution < 1.29 is 0 Å². The summed E-state index contributed by atoms with van der Waals surface area (Å²) in [4.78, 5) is 12.7. The molecule has 3 aromatic heterocycles. The van der Waals surface area contributed by atoms with Gasteiger partial charge in [0.2, 0.25) is 5.78 Å². The zero-order valence-electron chi connectivity index (χ0n) is 7.16. The molecular formula is C9H6N4S. The van der Waals surface area contributed by atoms with E-state index in [1.807, 2.05) is 28.2 Å².